The molecule has 0 bridgehead atoms. The number of ether oxygens (including phenoxy) is 1. The Morgan fingerprint density at radius 2 is 2.31 bits per heavy atom. The van der Waals surface area contributed by atoms with Crippen molar-refractivity contribution in [2.24, 2.45) is 5.73 Å². The number of primary amides is 1. The molecule has 1 saturated heterocycles. The fraction of sp³-hybridized carbons (Fsp3) is 0.917. The SMILES string of the molecule is CCC1CC(NCCCCC(N)=O)CCO1. The lowest BCUT2D eigenvalue weighted by Crippen LogP contribution is -2.39. The molecule has 3 N–H and O–H groups in total. The average molecular weight is 228 g/mol. The monoisotopic (exact) mass is 228 g/mol. The van der Waals surface area contributed by atoms with Crippen LogP contribution in [0.2, 0.25) is 0 Å². The summed E-state index contributed by atoms with van der Waals surface area (Å²) in [5, 5.41) is 3.53. The fourth-order valence-corrected chi connectivity index (χ4v) is 2.08. The van der Waals surface area contributed by atoms with Crippen LogP contribution < -0.4 is 11.1 Å². The van der Waals surface area contributed by atoms with E-state index >= 15 is 0 Å². The van der Waals surface area contributed by atoms with Crippen molar-refractivity contribution >= 4 is 5.91 Å². The molecule has 4 heteroatoms. The van der Waals surface area contributed by atoms with Crippen molar-refractivity contribution in [2.45, 2.75) is 57.6 Å². The van der Waals surface area contributed by atoms with E-state index < -0.39 is 0 Å². The number of carbonyl (C=O) groups excluding carboxylic acids is 1. The number of rotatable bonds is 7. The smallest absolute Gasteiger partial charge is 0.217 e. The van der Waals surface area contributed by atoms with Gasteiger partial charge in [-0.3, -0.25) is 4.79 Å². The molecule has 4 nitrogen and oxygen atoms in total. The number of nitrogens with two attached hydrogens (primary N) is 1. The zero-order chi connectivity index (χ0) is 11.8. The molecule has 1 aliphatic rings. The summed E-state index contributed by atoms with van der Waals surface area (Å²) in [4.78, 5) is 10.5. The third kappa shape index (κ3) is 5.47. The standard InChI is InChI=1S/C12H24N2O2/c1-2-11-9-10(6-8-16-11)14-7-4-3-5-12(13)15/h10-11,14H,2-9H2,1H3,(H2,13,15). The minimum absolute atomic E-state index is 0.197. The van der Waals surface area contributed by atoms with Crippen molar-refractivity contribution < 1.29 is 9.53 Å². The van der Waals surface area contributed by atoms with Gasteiger partial charge in [-0.25, -0.2) is 0 Å². The second-order valence-corrected chi connectivity index (χ2v) is 4.50. The lowest BCUT2D eigenvalue weighted by Gasteiger charge is -2.29. The lowest BCUT2D eigenvalue weighted by atomic mass is 10.0. The summed E-state index contributed by atoms with van der Waals surface area (Å²) < 4.78 is 5.62. The van der Waals surface area contributed by atoms with E-state index in [9.17, 15) is 4.79 Å². The summed E-state index contributed by atoms with van der Waals surface area (Å²) >= 11 is 0. The normalized spacial score (nSPS) is 25.6. The van der Waals surface area contributed by atoms with Gasteiger partial charge < -0.3 is 15.8 Å². The number of hydrogen-bond acceptors (Lipinski definition) is 3. The average Bonchev–Trinajstić information content (AvgIpc) is 2.28. The van der Waals surface area contributed by atoms with Gasteiger partial charge in [0.15, 0.2) is 0 Å². The van der Waals surface area contributed by atoms with Gasteiger partial charge in [-0.1, -0.05) is 6.92 Å². The lowest BCUT2D eigenvalue weighted by molar-refractivity contribution is -0.118. The summed E-state index contributed by atoms with van der Waals surface area (Å²) in [6.45, 7) is 4.02. The van der Waals surface area contributed by atoms with E-state index in [2.05, 4.69) is 12.2 Å². The van der Waals surface area contributed by atoms with Gasteiger partial charge in [0.2, 0.25) is 5.91 Å². The highest BCUT2D eigenvalue weighted by Crippen LogP contribution is 2.16. The first kappa shape index (κ1) is 13.5. The van der Waals surface area contributed by atoms with Crippen LogP contribution in [0.3, 0.4) is 0 Å². The van der Waals surface area contributed by atoms with Crippen LogP contribution in [0.15, 0.2) is 0 Å². The number of unbranched alkanes of at least 4 members (excludes halogenated alkanes) is 1. The topological polar surface area (TPSA) is 64.3 Å². The summed E-state index contributed by atoms with van der Waals surface area (Å²) in [5.74, 6) is -0.197. The van der Waals surface area contributed by atoms with Crippen LogP contribution in [0.1, 0.15) is 45.4 Å². The maximum Gasteiger partial charge on any atom is 0.217 e. The Morgan fingerprint density at radius 1 is 1.50 bits per heavy atom. The van der Waals surface area contributed by atoms with Gasteiger partial charge in [-0.05, 0) is 38.6 Å². The molecule has 1 fully saturated rings. The molecule has 2 atom stereocenters. The summed E-state index contributed by atoms with van der Waals surface area (Å²) in [6, 6.07) is 0.590. The van der Waals surface area contributed by atoms with Crippen LogP contribution in [-0.4, -0.2) is 31.2 Å². The molecule has 94 valence electrons. The first-order valence-electron chi connectivity index (χ1n) is 6.35. The van der Waals surface area contributed by atoms with E-state index in [1.165, 1.54) is 0 Å². The van der Waals surface area contributed by atoms with E-state index in [4.69, 9.17) is 10.5 Å². The first-order valence-corrected chi connectivity index (χ1v) is 6.35. The molecule has 0 radical (unpaired) electrons. The Balaban J connectivity index is 2.01. The Hall–Kier alpha value is -0.610. The third-order valence-corrected chi connectivity index (χ3v) is 3.11. The van der Waals surface area contributed by atoms with Gasteiger partial charge in [-0.2, -0.15) is 0 Å². The summed E-state index contributed by atoms with van der Waals surface area (Å²) in [7, 11) is 0. The van der Waals surface area contributed by atoms with Crippen LogP contribution in [0.25, 0.3) is 0 Å². The predicted molar refractivity (Wildman–Crippen MR) is 64.1 cm³/mol. The fourth-order valence-electron chi connectivity index (χ4n) is 2.08. The van der Waals surface area contributed by atoms with Crippen molar-refractivity contribution in [3.63, 3.8) is 0 Å². The third-order valence-electron chi connectivity index (χ3n) is 3.11. The van der Waals surface area contributed by atoms with Crippen LogP contribution in [0.5, 0.6) is 0 Å². The molecule has 0 saturated carbocycles. The van der Waals surface area contributed by atoms with Crippen molar-refractivity contribution in [1.29, 1.82) is 0 Å². The Bertz CT molecular complexity index is 209. The maximum absolute atomic E-state index is 10.5. The molecule has 0 aromatic rings. The minimum Gasteiger partial charge on any atom is -0.378 e. The zero-order valence-corrected chi connectivity index (χ0v) is 10.2. The molecular weight excluding hydrogens is 204 g/mol. The Morgan fingerprint density at radius 3 is 3.00 bits per heavy atom. The predicted octanol–water partition coefficient (Wildman–Crippen LogP) is 1.19. The van der Waals surface area contributed by atoms with Gasteiger partial charge in [0.25, 0.3) is 0 Å². The molecule has 0 aromatic carbocycles. The van der Waals surface area contributed by atoms with Crippen LogP contribution in [-0.2, 0) is 9.53 Å². The van der Waals surface area contributed by atoms with E-state index in [0.29, 0.717) is 18.6 Å². The molecule has 2 unspecified atom stereocenters. The zero-order valence-electron chi connectivity index (χ0n) is 10.2. The van der Waals surface area contributed by atoms with E-state index in [1.807, 2.05) is 0 Å². The molecule has 1 rings (SSSR count). The molecular formula is C12H24N2O2. The minimum atomic E-state index is -0.197. The second-order valence-electron chi connectivity index (χ2n) is 4.50. The summed E-state index contributed by atoms with van der Waals surface area (Å²) in [6.07, 6.45) is 6.17. The molecule has 1 heterocycles. The van der Waals surface area contributed by atoms with Crippen molar-refractivity contribution in [3.8, 4) is 0 Å². The molecule has 0 spiro atoms. The number of carbonyl (C=O) groups is 1. The number of nitrogens with one attached hydrogen (secondary N) is 1. The van der Waals surface area contributed by atoms with Crippen molar-refractivity contribution in [3.05, 3.63) is 0 Å². The van der Waals surface area contributed by atoms with Crippen LogP contribution in [0.4, 0.5) is 0 Å². The van der Waals surface area contributed by atoms with E-state index in [0.717, 1.165) is 45.3 Å². The van der Waals surface area contributed by atoms with Gasteiger partial charge in [0.05, 0.1) is 6.10 Å². The highest BCUT2D eigenvalue weighted by molar-refractivity contribution is 5.73. The summed E-state index contributed by atoms with van der Waals surface area (Å²) in [5.41, 5.74) is 5.08. The molecule has 1 amide bonds. The molecule has 1 aliphatic heterocycles. The van der Waals surface area contributed by atoms with Gasteiger partial charge in [0, 0.05) is 19.1 Å². The molecule has 0 aromatic heterocycles. The largest absolute Gasteiger partial charge is 0.378 e. The van der Waals surface area contributed by atoms with Crippen molar-refractivity contribution in [2.75, 3.05) is 13.2 Å². The quantitative estimate of drug-likeness (QED) is 0.643. The van der Waals surface area contributed by atoms with Crippen LogP contribution >= 0.6 is 0 Å². The highest BCUT2D eigenvalue weighted by Gasteiger charge is 2.20. The first-order chi connectivity index (χ1) is 7.72. The van der Waals surface area contributed by atoms with Crippen LogP contribution in [0, 0.1) is 0 Å². The Labute approximate surface area is 97.9 Å². The van der Waals surface area contributed by atoms with Gasteiger partial charge in [0.1, 0.15) is 0 Å². The van der Waals surface area contributed by atoms with Gasteiger partial charge in [-0.15, -0.1) is 0 Å². The molecule has 16 heavy (non-hydrogen) atoms. The van der Waals surface area contributed by atoms with Crippen molar-refractivity contribution in [1.82, 2.24) is 5.32 Å². The highest BCUT2D eigenvalue weighted by atomic mass is 16.5. The molecule has 0 aliphatic carbocycles. The Kier molecular flexibility index (Phi) is 6.42. The second kappa shape index (κ2) is 7.63. The maximum atomic E-state index is 10.5. The number of amides is 1. The van der Waals surface area contributed by atoms with Gasteiger partial charge >= 0.3 is 0 Å². The van der Waals surface area contributed by atoms with E-state index in [1.54, 1.807) is 0 Å². The van der Waals surface area contributed by atoms with E-state index in [-0.39, 0.29) is 5.91 Å². The number of hydrogen-bond donors (Lipinski definition) is 2.